The van der Waals surface area contributed by atoms with Crippen LogP contribution in [0.1, 0.15) is 12.5 Å². The largest absolute Gasteiger partial charge is 0.417 e. The molecular weight excluding hydrogens is 365 g/mol. The van der Waals surface area contributed by atoms with Gasteiger partial charge in [-0.1, -0.05) is 6.92 Å². The minimum Gasteiger partial charge on any atom is -0.312 e. The molecule has 0 aliphatic carbocycles. The number of rotatable bonds is 3. The van der Waals surface area contributed by atoms with Crippen molar-refractivity contribution in [3.8, 4) is 11.4 Å². The van der Waals surface area contributed by atoms with Gasteiger partial charge in [0.25, 0.3) is 0 Å². The van der Waals surface area contributed by atoms with Crippen molar-refractivity contribution in [3.05, 3.63) is 36.3 Å². The molecule has 0 bridgehead atoms. The van der Waals surface area contributed by atoms with E-state index in [1.165, 1.54) is 11.8 Å². The molecule has 0 aliphatic rings. The highest BCUT2D eigenvalue weighted by atomic mass is 32.2. The first-order valence-electron chi connectivity index (χ1n) is 7.76. The zero-order valence-electron chi connectivity index (χ0n) is 13.8. The molecule has 134 valence electrons. The van der Waals surface area contributed by atoms with Gasteiger partial charge in [-0.2, -0.15) is 18.3 Å². The van der Waals surface area contributed by atoms with Gasteiger partial charge < -0.3 is 4.57 Å². The summed E-state index contributed by atoms with van der Waals surface area (Å²) < 4.78 is 42.2. The van der Waals surface area contributed by atoms with Crippen LogP contribution < -0.4 is 0 Å². The number of pyridine rings is 1. The van der Waals surface area contributed by atoms with Crippen LogP contribution in [0.15, 0.2) is 35.7 Å². The van der Waals surface area contributed by atoms with Gasteiger partial charge in [-0.05, 0) is 17.9 Å². The lowest BCUT2D eigenvalue weighted by Crippen LogP contribution is -2.05. The Morgan fingerprint density at radius 1 is 1.19 bits per heavy atom. The Kier molecular flexibility index (Phi) is 3.87. The molecular formula is C16H13F3N6S. The highest BCUT2D eigenvalue weighted by Crippen LogP contribution is 2.35. The van der Waals surface area contributed by atoms with Crippen LogP contribution in [-0.4, -0.2) is 34.9 Å². The van der Waals surface area contributed by atoms with Gasteiger partial charge in [0, 0.05) is 25.6 Å². The van der Waals surface area contributed by atoms with E-state index in [1.807, 2.05) is 6.92 Å². The molecule has 6 nitrogen and oxygen atoms in total. The molecule has 4 aromatic rings. The SMILES string of the molecule is CCSc1nn2cccnc2c1-c1nc2cc(C(F)(F)F)cnc2n1C. The van der Waals surface area contributed by atoms with Gasteiger partial charge in [0.2, 0.25) is 0 Å². The number of thioether (sulfide) groups is 1. The fourth-order valence-electron chi connectivity index (χ4n) is 2.75. The Bertz CT molecular complexity index is 1110. The van der Waals surface area contributed by atoms with Gasteiger partial charge in [0.05, 0.1) is 11.1 Å². The number of alkyl halides is 3. The second-order valence-electron chi connectivity index (χ2n) is 5.56. The Labute approximate surface area is 150 Å². The van der Waals surface area contributed by atoms with E-state index in [2.05, 4.69) is 20.1 Å². The molecule has 10 heteroatoms. The molecule has 0 amide bonds. The number of fused-ring (bicyclic) bond motifs is 2. The third kappa shape index (κ3) is 2.61. The van der Waals surface area contributed by atoms with Crippen LogP contribution in [-0.2, 0) is 13.2 Å². The molecule has 4 aromatic heterocycles. The average Bonchev–Trinajstić information content (AvgIpc) is 3.11. The summed E-state index contributed by atoms with van der Waals surface area (Å²) in [6.45, 7) is 2.00. The van der Waals surface area contributed by atoms with E-state index in [0.29, 0.717) is 22.7 Å². The lowest BCUT2D eigenvalue weighted by Gasteiger charge is -2.05. The van der Waals surface area contributed by atoms with Crippen molar-refractivity contribution >= 4 is 28.6 Å². The van der Waals surface area contributed by atoms with Crippen LogP contribution in [0.2, 0.25) is 0 Å². The Balaban J connectivity index is 1.99. The molecule has 0 aliphatic heterocycles. The molecule has 0 atom stereocenters. The zero-order valence-corrected chi connectivity index (χ0v) is 14.6. The summed E-state index contributed by atoms with van der Waals surface area (Å²) in [7, 11) is 1.72. The van der Waals surface area contributed by atoms with Crippen molar-refractivity contribution in [1.82, 2.24) is 29.1 Å². The van der Waals surface area contributed by atoms with Crippen LogP contribution in [0.25, 0.3) is 28.2 Å². The van der Waals surface area contributed by atoms with Gasteiger partial charge >= 0.3 is 6.18 Å². The van der Waals surface area contributed by atoms with Crippen LogP contribution in [0.3, 0.4) is 0 Å². The van der Waals surface area contributed by atoms with Crippen molar-refractivity contribution in [1.29, 1.82) is 0 Å². The first-order chi connectivity index (χ1) is 12.4. The quantitative estimate of drug-likeness (QED) is 0.508. The molecule has 4 heterocycles. The minimum absolute atomic E-state index is 0.181. The Morgan fingerprint density at radius 2 is 2.00 bits per heavy atom. The van der Waals surface area contributed by atoms with Gasteiger partial charge in [-0.3, -0.25) is 0 Å². The topological polar surface area (TPSA) is 60.9 Å². The number of hydrogen-bond donors (Lipinski definition) is 0. The third-order valence-corrected chi connectivity index (χ3v) is 4.75. The van der Waals surface area contributed by atoms with E-state index in [9.17, 15) is 13.2 Å². The summed E-state index contributed by atoms with van der Waals surface area (Å²) in [5.74, 6) is 1.27. The molecule has 0 aromatic carbocycles. The Hall–Kier alpha value is -2.62. The van der Waals surface area contributed by atoms with E-state index in [-0.39, 0.29) is 5.52 Å². The number of aryl methyl sites for hydroxylation is 1. The van der Waals surface area contributed by atoms with E-state index >= 15 is 0 Å². The summed E-state index contributed by atoms with van der Waals surface area (Å²) in [5, 5.41) is 5.23. The Morgan fingerprint density at radius 3 is 2.73 bits per heavy atom. The summed E-state index contributed by atoms with van der Waals surface area (Å²) in [4.78, 5) is 12.7. The fraction of sp³-hybridized carbons (Fsp3) is 0.250. The van der Waals surface area contributed by atoms with Crippen molar-refractivity contribution < 1.29 is 13.2 Å². The number of nitrogens with zero attached hydrogens (tertiary/aromatic N) is 6. The normalized spacial score (nSPS) is 12.3. The number of halogens is 3. The van der Waals surface area contributed by atoms with E-state index < -0.39 is 11.7 Å². The van der Waals surface area contributed by atoms with E-state index in [1.54, 1.807) is 34.6 Å². The van der Waals surface area contributed by atoms with Crippen LogP contribution in [0.5, 0.6) is 0 Å². The van der Waals surface area contributed by atoms with Gasteiger partial charge in [-0.25, -0.2) is 19.5 Å². The van der Waals surface area contributed by atoms with Crippen molar-refractivity contribution in [2.75, 3.05) is 5.75 Å². The first-order valence-corrected chi connectivity index (χ1v) is 8.75. The molecule has 0 fully saturated rings. The van der Waals surface area contributed by atoms with Crippen molar-refractivity contribution in [2.45, 2.75) is 18.1 Å². The highest BCUT2D eigenvalue weighted by molar-refractivity contribution is 7.99. The standard InChI is InChI=1S/C16H13F3N6S/c1-3-26-15-11(13-20-5-4-6-25(13)23-15)14-22-10-7-9(16(17,18)19)8-21-12(10)24(14)2/h4-8H,3H2,1-2H3. The monoisotopic (exact) mass is 378 g/mol. The summed E-state index contributed by atoms with van der Waals surface area (Å²) in [6.07, 6.45) is -0.226. The summed E-state index contributed by atoms with van der Waals surface area (Å²) >= 11 is 1.52. The lowest BCUT2D eigenvalue weighted by molar-refractivity contribution is -0.137. The maximum Gasteiger partial charge on any atom is 0.417 e. The molecule has 4 rings (SSSR count). The maximum absolute atomic E-state index is 13.0. The average molecular weight is 378 g/mol. The third-order valence-electron chi connectivity index (χ3n) is 3.90. The van der Waals surface area contributed by atoms with Crippen molar-refractivity contribution in [3.63, 3.8) is 0 Å². The zero-order chi connectivity index (χ0) is 18.5. The van der Waals surface area contributed by atoms with Gasteiger partial charge in [-0.15, -0.1) is 11.8 Å². The number of imidazole rings is 1. The highest BCUT2D eigenvalue weighted by Gasteiger charge is 2.32. The summed E-state index contributed by atoms with van der Waals surface area (Å²) in [6, 6.07) is 2.77. The van der Waals surface area contributed by atoms with Crippen LogP contribution in [0.4, 0.5) is 13.2 Å². The molecule has 0 radical (unpaired) electrons. The summed E-state index contributed by atoms with van der Waals surface area (Å²) in [5.41, 5.74) is 1.01. The van der Waals surface area contributed by atoms with Crippen LogP contribution >= 0.6 is 11.8 Å². The number of aromatic nitrogens is 6. The first kappa shape index (κ1) is 16.8. The molecule has 0 saturated carbocycles. The van der Waals surface area contributed by atoms with Gasteiger partial charge in [0.1, 0.15) is 16.4 Å². The van der Waals surface area contributed by atoms with E-state index in [4.69, 9.17) is 0 Å². The smallest absolute Gasteiger partial charge is 0.312 e. The van der Waals surface area contributed by atoms with E-state index in [0.717, 1.165) is 23.0 Å². The molecule has 0 saturated heterocycles. The maximum atomic E-state index is 13.0. The predicted molar refractivity (Wildman–Crippen MR) is 91.9 cm³/mol. The lowest BCUT2D eigenvalue weighted by atomic mass is 10.2. The molecule has 26 heavy (non-hydrogen) atoms. The number of hydrogen-bond acceptors (Lipinski definition) is 5. The van der Waals surface area contributed by atoms with Gasteiger partial charge in [0.15, 0.2) is 11.3 Å². The fourth-order valence-corrected chi connectivity index (χ4v) is 3.50. The molecule has 0 spiro atoms. The second-order valence-corrected chi connectivity index (χ2v) is 6.81. The molecule has 0 N–H and O–H groups in total. The van der Waals surface area contributed by atoms with Crippen LogP contribution in [0, 0.1) is 0 Å². The minimum atomic E-state index is -4.46. The predicted octanol–water partition coefficient (Wildman–Crippen LogP) is 3.81. The molecule has 0 unspecified atom stereocenters. The van der Waals surface area contributed by atoms with Crippen molar-refractivity contribution in [2.24, 2.45) is 7.05 Å². The second kappa shape index (κ2) is 5.97.